The van der Waals surface area contributed by atoms with Crippen molar-refractivity contribution in [3.8, 4) is 5.75 Å². The third kappa shape index (κ3) is 3.16. The molecule has 0 bridgehead atoms. The lowest BCUT2D eigenvalue weighted by Gasteiger charge is -2.31. The summed E-state index contributed by atoms with van der Waals surface area (Å²) < 4.78 is 5.85. The molecule has 0 radical (unpaired) electrons. The van der Waals surface area contributed by atoms with Crippen LogP contribution in [0.15, 0.2) is 18.2 Å². The number of nitrogens with zero attached hydrogens (tertiary/aromatic N) is 1. The first-order valence-corrected chi connectivity index (χ1v) is 6.67. The quantitative estimate of drug-likeness (QED) is 0.515. The van der Waals surface area contributed by atoms with Gasteiger partial charge in [0.15, 0.2) is 5.75 Å². The molecule has 0 heterocycles. The number of hydrogen-bond donors (Lipinski definition) is 1. The smallest absolute Gasteiger partial charge is 0.333 e. The Balaban J connectivity index is 2.19. The molecule has 5 heteroatoms. The van der Waals surface area contributed by atoms with Crippen LogP contribution in [-0.4, -0.2) is 11.0 Å². The zero-order valence-electron chi connectivity index (χ0n) is 11.3. The molecule has 2 unspecified atom stereocenters. The summed E-state index contributed by atoms with van der Waals surface area (Å²) in [5.41, 5.74) is 5.70. The van der Waals surface area contributed by atoms with Crippen LogP contribution in [0.2, 0.25) is 0 Å². The van der Waals surface area contributed by atoms with Gasteiger partial charge in [-0.15, -0.1) is 0 Å². The van der Waals surface area contributed by atoms with Crippen LogP contribution in [0.4, 0.5) is 11.4 Å². The molecule has 1 saturated carbocycles. The molecule has 2 N–H and O–H groups in total. The van der Waals surface area contributed by atoms with Crippen molar-refractivity contribution in [2.24, 2.45) is 11.8 Å². The summed E-state index contributed by atoms with van der Waals surface area (Å²) in [6, 6.07) is 4.84. The van der Waals surface area contributed by atoms with Crippen molar-refractivity contribution < 1.29 is 9.66 Å². The molecule has 0 aromatic heterocycles. The monoisotopic (exact) mass is 264 g/mol. The van der Waals surface area contributed by atoms with Crippen LogP contribution < -0.4 is 10.5 Å². The molecule has 1 aromatic rings. The Morgan fingerprint density at radius 1 is 1.26 bits per heavy atom. The van der Waals surface area contributed by atoms with Gasteiger partial charge >= 0.3 is 5.69 Å². The number of nitro benzene ring substituents is 1. The fourth-order valence-electron chi connectivity index (χ4n) is 2.98. The molecule has 19 heavy (non-hydrogen) atoms. The minimum atomic E-state index is -0.472. The molecule has 0 saturated heterocycles. The van der Waals surface area contributed by atoms with Crippen molar-refractivity contribution in [2.45, 2.75) is 39.2 Å². The Kier molecular flexibility index (Phi) is 3.93. The van der Waals surface area contributed by atoms with Gasteiger partial charge in [-0.25, -0.2) is 0 Å². The molecule has 2 atom stereocenters. The highest BCUT2D eigenvalue weighted by atomic mass is 16.6. The standard InChI is InChI=1S/C14H20N2O3/c1-9-6-10(2)8-11(7-9)19-13-5-3-4-12(15)14(13)16(17)18/h3-5,9-11H,6-8,15H2,1-2H3. The molecule has 1 aliphatic rings. The number of hydrogen-bond acceptors (Lipinski definition) is 4. The largest absolute Gasteiger partial charge is 0.483 e. The minimum Gasteiger partial charge on any atom is -0.483 e. The highest BCUT2D eigenvalue weighted by Crippen LogP contribution is 2.37. The highest BCUT2D eigenvalue weighted by Gasteiger charge is 2.28. The topological polar surface area (TPSA) is 78.4 Å². The third-order valence-corrected chi connectivity index (χ3v) is 3.64. The first kappa shape index (κ1) is 13.6. The molecule has 5 nitrogen and oxygen atoms in total. The minimum absolute atomic E-state index is 0.0410. The second kappa shape index (κ2) is 5.47. The van der Waals surface area contributed by atoms with E-state index < -0.39 is 4.92 Å². The number of anilines is 1. The summed E-state index contributed by atoms with van der Waals surface area (Å²) in [4.78, 5) is 10.6. The van der Waals surface area contributed by atoms with Gasteiger partial charge < -0.3 is 10.5 Å². The van der Waals surface area contributed by atoms with Crippen LogP contribution in [-0.2, 0) is 0 Å². The van der Waals surface area contributed by atoms with Gasteiger partial charge in [-0.1, -0.05) is 19.9 Å². The molecule has 0 amide bonds. The summed E-state index contributed by atoms with van der Waals surface area (Å²) in [5.74, 6) is 1.47. The van der Waals surface area contributed by atoms with E-state index in [9.17, 15) is 10.1 Å². The molecule has 1 aromatic carbocycles. The maximum absolute atomic E-state index is 11.1. The molecule has 0 spiro atoms. The lowest BCUT2D eigenvalue weighted by atomic mass is 9.82. The fourth-order valence-corrected chi connectivity index (χ4v) is 2.98. The Morgan fingerprint density at radius 3 is 2.47 bits per heavy atom. The van der Waals surface area contributed by atoms with Gasteiger partial charge in [0.05, 0.1) is 11.0 Å². The normalized spacial score (nSPS) is 26.9. The lowest BCUT2D eigenvalue weighted by Crippen LogP contribution is -2.28. The summed E-state index contributed by atoms with van der Waals surface area (Å²) >= 11 is 0. The summed E-state index contributed by atoms with van der Waals surface area (Å²) in [6.07, 6.45) is 3.12. The lowest BCUT2D eigenvalue weighted by molar-refractivity contribution is -0.385. The number of para-hydroxylation sites is 1. The van der Waals surface area contributed by atoms with Crippen LogP contribution in [0.5, 0.6) is 5.75 Å². The zero-order chi connectivity index (χ0) is 14.0. The van der Waals surface area contributed by atoms with Crippen LogP contribution in [0.25, 0.3) is 0 Å². The van der Waals surface area contributed by atoms with Crippen molar-refractivity contribution in [1.29, 1.82) is 0 Å². The van der Waals surface area contributed by atoms with Crippen molar-refractivity contribution in [3.63, 3.8) is 0 Å². The van der Waals surface area contributed by atoms with Gasteiger partial charge in [-0.2, -0.15) is 0 Å². The van der Waals surface area contributed by atoms with E-state index in [-0.39, 0.29) is 23.2 Å². The van der Waals surface area contributed by atoms with Crippen molar-refractivity contribution in [1.82, 2.24) is 0 Å². The number of nitrogens with two attached hydrogens (primary N) is 1. The predicted molar refractivity (Wildman–Crippen MR) is 74.1 cm³/mol. The second-order valence-corrected chi connectivity index (χ2v) is 5.61. The van der Waals surface area contributed by atoms with Gasteiger partial charge in [-0.05, 0) is 43.2 Å². The average Bonchev–Trinajstić information content (AvgIpc) is 2.26. The number of nitro groups is 1. The predicted octanol–water partition coefficient (Wildman–Crippen LogP) is 3.38. The van der Waals surface area contributed by atoms with E-state index >= 15 is 0 Å². The Morgan fingerprint density at radius 2 is 1.89 bits per heavy atom. The average molecular weight is 264 g/mol. The summed E-state index contributed by atoms with van der Waals surface area (Å²) in [5, 5.41) is 11.1. The summed E-state index contributed by atoms with van der Waals surface area (Å²) in [7, 11) is 0. The molecule has 0 aliphatic heterocycles. The van der Waals surface area contributed by atoms with Crippen molar-refractivity contribution in [3.05, 3.63) is 28.3 Å². The Bertz CT molecular complexity index is 466. The van der Waals surface area contributed by atoms with E-state index in [4.69, 9.17) is 10.5 Å². The fraction of sp³-hybridized carbons (Fsp3) is 0.571. The maximum atomic E-state index is 11.1. The molecule has 104 valence electrons. The molecule has 1 fully saturated rings. The zero-order valence-corrected chi connectivity index (χ0v) is 11.3. The van der Waals surface area contributed by atoms with Crippen molar-refractivity contribution >= 4 is 11.4 Å². The number of ether oxygens (including phenoxy) is 1. The number of rotatable bonds is 3. The van der Waals surface area contributed by atoms with E-state index in [2.05, 4.69) is 13.8 Å². The van der Waals surface area contributed by atoms with E-state index in [1.165, 1.54) is 12.5 Å². The van der Waals surface area contributed by atoms with Crippen LogP contribution in [0.3, 0.4) is 0 Å². The SMILES string of the molecule is CC1CC(C)CC(Oc2cccc(N)c2[N+](=O)[O-])C1. The first-order chi connectivity index (χ1) is 8.97. The molecular weight excluding hydrogens is 244 g/mol. The summed E-state index contributed by atoms with van der Waals surface area (Å²) in [6.45, 7) is 4.39. The van der Waals surface area contributed by atoms with E-state index in [1.54, 1.807) is 12.1 Å². The maximum Gasteiger partial charge on any atom is 0.333 e. The van der Waals surface area contributed by atoms with E-state index in [1.807, 2.05) is 0 Å². The highest BCUT2D eigenvalue weighted by molar-refractivity contribution is 5.65. The van der Waals surface area contributed by atoms with Crippen LogP contribution in [0, 0.1) is 22.0 Å². The Hall–Kier alpha value is -1.78. The Labute approximate surface area is 112 Å². The van der Waals surface area contributed by atoms with Gasteiger partial charge in [-0.3, -0.25) is 10.1 Å². The number of benzene rings is 1. The van der Waals surface area contributed by atoms with Gasteiger partial charge in [0.2, 0.25) is 0 Å². The molecule has 2 rings (SSSR count). The van der Waals surface area contributed by atoms with Gasteiger partial charge in [0.1, 0.15) is 5.69 Å². The van der Waals surface area contributed by atoms with Crippen LogP contribution >= 0.6 is 0 Å². The van der Waals surface area contributed by atoms with E-state index in [0.717, 1.165) is 12.8 Å². The second-order valence-electron chi connectivity index (χ2n) is 5.61. The third-order valence-electron chi connectivity index (χ3n) is 3.64. The van der Waals surface area contributed by atoms with Crippen molar-refractivity contribution in [2.75, 3.05) is 5.73 Å². The van der Waals surface area contributed by atoms with Crippen LogP contribution in [0.1, 0.15) is 33.1 Å². The first-order valence-electron chi connectivity index (χ1n) is 6.67. The molecule has 1 aliphatic carbocycles. The molecular formula is C14H20N2O3. The van der Waals surface area contributed by atoms with Gasteiger partial charge in [0, 0.05) is 0 Å². The van der Waals surface area contributed by atoms with E-state index in [0.29, 0.717) is 11.8 Å². The number of nitrogen functional groups attached to an aromatic ring is 1. The van der Waals surface area contributed by atoms with Gasteiger partial charge in [0.25, 0.3) is 0 Å².